The summed E-state index contributed by atoms with van der Waals surface area (Å²) in [4.78, 5) is 26.8. The van der Waals surface area contributed by atoms with Crippen molar-refractivity contribution in [2.24, 2.45) is 5.16 Å². The van der Waals surface area contributed by atoms with E-state index in [9.17, 15) is 9.59 Å². The Morgan fingerprint density at radius 2 is 2.15 bits per heavy atom. The normalized spacial score (nSPS) is 11.2. The molecule has 0 aliphatic heterocycles. The molecule has 6 heteroatoms. The fourth-order valence-electron chi connectivity index (χ4n) is 0.556. The zero-order valence-electron chi connectivity index (χ0n) is 7.37. The zero-order chi connectivity index (χ0) is 10.3. The third-order valence-corrected chi connectivity index (χ3v) is 2.29. The predicted octanol–water partition coefficient (Wildman–Crippen LogP) is 1.23. The summed E-state index contributed by atoms with van der Waals surface area (Å²) < 4.78 is 0. The third-order valence-electron chi connectivity index (χ3n) is 1.04. The smallest absolute Gasteiger partial charge is 0.244 e. The van der Waals surface area contributed by atoms with E-state index in [-0.39, 0.29) is 21.9 Å². The number of carbonyl (C=O) groups excluding carboxylic acids is 2. The van der Waals surface area contributed by atoms with Gasteiger partial charge in [0.15, 0.2) is 5.78 Å². The van der Waals surface area contributed by atoms with Crippen LogP contribution in [0.15, 0.2) is 5.16 Å². The molecule has 0 unspecified atom stereocenters. The number of oxime groups is 1. The molecule has 0 bridgehead atoms. The van der Waals surface area contributed by atoms with E-state index in [0.29, 0.717) is 5.75 Å². The van der Waals surface area contributed by atoms with Gasteiger partial charge < -0.3 is 4.84 Å². The molecular formula is C7H10BrNO3S. The molecule has 74 valence electrons. The Hall–Kier alpha value is -0.360. The summed E-state index contributed by atoms with van der Waals surface area (Å²) in [5.74, 6) is 0.240. The van der Waals surface area contributed by atoms with Crippen LogP contribution in [-0.2, 0) is 14.4 Å². The number of nitrogens with zero attached hydrogens (tertiary/aromatic N) is 1. The van der Waals surface area contributed by atoms with Crippen LogP contribution in [0.2, 0.25) is 0 Å². The van der Waals surface area contributed by atoms with Gasteiger partial charge in [0.25, 0.3) is 0 Å². The molecule has 0 saturated heterocycles. The Kier molecular flexibility index (Phi) is 6.89. The van der Waals surface area contributed by atoms with Crippen LogP contribution in [0.4, 0.5) is 0 Å². The Labute approximate surface area is 89.2 Å². The fraction of sp³-hybridized carbons (Fsp3) is 0.571. The van der Waals surface area contributed by atoms with E-state index in [1.54, 1.807) is 0 Å². The van der Waals surface area contributed by atoms with Crippen molar-refractivity contribution in [3.8, 4) is 0 Å². The minimum atomic E-state index is -0.368. The molecule has 0 N–H and O–H groups in total. The van der Waals surface area contributed by atoms with Gasteiger partial charge >= 0.3 is 0 Å². The Morgan fingerprint density at radius 3 is 2.54 bits per heavy atom. The SMILES string of the molecule is CCSC(=O)C(=NOC)C(=O)CBr. The van der Waals surface area contributed by atoms with Crippen LogP contribution in [-0.4, -0.2) is 34.8 Å². The Morgan fingerprint density at radius 1 is 1.54 bits per heavy atom. The maximum absolute atomic E-state index is 11.2. The van der Waals surface area contributed by atoms with Crippen LogP contribution in [0.1, 0.15) is 6.92 Å². The van der Waals surface area contributed by atoms with Gasteiger partial charge in [-0.05, 0) is 5.75 Å². The van der Waals surface area contributed by atoms with Crippen LogP contribution in [0.25, 0.3) is 0 Å². The molecule has 0 fully saturated rings. The summed E-state index contributed by atoms with van der Waals surface area (Å²) >= 11 is 3.99. The van der Waals surface area contributed by atoms with Crippen molar-refractivity contribution < 1.29 is 14.4 Å². The maximum atomic E-state index is 11.2. The molecule has 13 heavy (non-hydrogen) atoms. The average molecular weight is 268 g/mol. The largest absolute Gasteiger partial charge is 0.398 e. The molecule has 0 saturated carbocycles. The predicted molar refractivity (Wildman–Crippen MR) is 56.4 cm³/mol. The van der Waals surface area contributed by atoms with E-state index >= 15 is 0 Å². The number of hydrogen-bond acceptors (Lipinski definition) is 5. The molecule has 0 rings (SSSR count). The number of carbonyl (C=O) groups is 2. The number of halogens is 1. The summed E-state index contributed by atoms with van der Waals surface area (Å²) in [6, 6.07) is 0. The zero-order valence-corrected chi connectivity index (χ0v) is 9.77. The van der Waals surface area contributed by atoms with Crippen LogP contribution < -0.4 is 0 Å². The highest BCUT2D eigenvalue weighted by atomic mass is 79.9. The summed E-state index contributed by atoms with van der Waals surface area (Å²) in [7, 11) is 1.30. The van der Waals surface area contributed by atoms with Gasteiger partial charge in [-0.1, -0.05) is 39.8 Å². The molecule has 0 amide bonds. The van der Waals surface area contributed by atoms with Crippen LogP contribution in [0, 0.1) is 0 Å². The van der Waals surface area contributed by atoms with Gasteiger partial charge in [-0.2, -0.15) is 0 Å². The van der Waals surface area contributed by atoms with E-state index in [1.165, 1.54) is 7.11 Å². The molecule has 0 aromatic carbocycles. The monoisotopic (exact) mass is 267 g/mol. The lowest BCUT2D eigenvalue weighted by Gasteiger charge is -1.99. The number of Topliss-reactive ketones (excluding diaryl/α,β-unsaturated/α-hetero) is 1. The van der Waals surface area contributed by atoms with Crippen molar-refractivity contribution in [1.29, 1.82) is 0 Å². The minimum Gasteiger partial charge on any atom is -0.398 e. The summed E-state index contributed by atoms with van der Waals surface area (Å²) in [5, 5.41) is 3.10. The summed E-state index contributed by atoms with van der Waals surface area (Å²) in [6.45, 7) is 1.82. The van der Waals surface area contributed by atoms with Crippen molar-refractivity contribution in [2.45, 2.75) is 6.92 Å². The van der Waals surface area contributed by atoms with Gasteiger partial charge in [-0.15, -0.1) is 0 Å². The molecule has 0 aromatic rings. The van der Waals surface area contributed by atoms with Gasteiger partial charge in [0, 0.05) is 0 Å². The summed E-state index contributed by atoms with van der Waals surface area (Å²) in [6.07, 6.45) is 0. The van der Waals surface area contributed by atoms with E-state index in [4.69, 9.17) is 0 Å². The van der Waals surface area contributed by atoms with Crippen molar-refractivity contribution in [1.82, 2.24) is 0 Å². The molecular weight excluding hydrogens is 258 g/mol. The van der Waals surface area contributed by atoms with Gasteiger partial charge in [0.2, 0.25) is 10.8 Å². The Bertz CT molecular complexity index is 230. The van der Waals surface area contributed by atoms with E-state index < -0.39 is 0 Å². The topological polar surface area (TPSA) is 55.7 Å². The van der Waals surface area contributed by atoms with Crippen molar-refractivity contribution in [3.63, 3.8) is 0 Å². The average Bonchev–Trinajstić information content (AvgIpc) is 2.13. The minimum absolute atomic E-state index is 0.0746. The highest BCUT2D eigenvalue weighted by Crippen LogP contribution is 2.04. The number of thioether (sulfide) groups is 1. The molecule has 0 atom stereocenters. The number of rotatable bonds is 5. The number of hydrogen-bond donors (Lipinski definition) is 0. The third kappa shape index (κ3) is 4.42. The van der Waals surface area contributed by atoms with Crippen LogP contribution in [0.3, 0.4) is 0 Å². The molecule has 0 aliphatic rings. The quantitative estimate of drug-likeness (QED) is 0.326. The molecule has 0 spiro atoms. The molecule has 0 radical (unpaired) electrons. The van der Waals surface area contributed by atoms with Crippen molar-refractivity contribution >= 4 is 44.3 Å². The van der Waals surface area contributed by atoms with Gasteiger partial charge in [0.1, 0.15) is 7.11 Å². The first kappa shape index (κ1) is 12.6. The second-order valence-electron chi connectivity index (χ2n) is 1.90. The first-order valence-corrected chi connectivity index (χ1v) is 5.65. The molecule has 0 heterocycles. The highest BCUT2D eigenvalue weighted by molar-refractivity contribution is 9.09. The highest BCUT2D eigenvalue weighted by Gasteiger charge is 2.19. The molecule has 4 nitrogen and oxygen atoms in total. The lowest BCUT2D eigenvalue weighted by atomic mass is 10.3. The number of alkyl halides is 1. The first-order chi connectivity index (χ1) is 6.17. The first-order valence-electron chi connectivity index (χ1n) is 3.54. The van der Waals surface area contributed by atoms with Crippen molar-refractivity contribution in [2.75, 3.05) is 18.2 Å². The standard InChI is InChI=1S/C7H10BrNO3S/c1-3-13-7(11)6(9-12-2)5(10)4-8/h3-4H2,1-2H3. The van der Waals surface area contributed by atoms with E-state index in [1.807, 2.05) is 6.92 Å². The van der Waals surface area contributed by atoms with Crippen LogP contribution in [0.5, 0.6) is 0 Å². The molecule has 0 aromatic heterocycles. The van der Waals surface area contributed by atoms with Gasteiger partial charge in [-0.25, -0.2) is 0 Å². The van der Waals surface area contributed by atoms with E-state index in [2.05, 4.69) is 25.9 Å². The number of ketones is 1. The lowest BCUT2D eigenvalue weighted by molar-refractivity contribution is -0.112. The maximum Gasteiger partial charge on any atom is 0.244 e. The van der Waals surface area contributed by atoms with Gasteiger partial charge in [0.05, 0.1) is 5.33 Å². The van der Waals surface area contributed by atoms with Crippen LogP contribution >= 0.6 is 27.7 Å². The van der Waals surface area contributed by atoms with E-state index in [0.717, 1.165) is 11.8 Å². The fourth-order valence-corrected chi connectivity index (χ4v) is 1.37. The second-order valence-corrected chi connectivity index (χ2v) is 3.70. The molecule has 0 aliphatic carbocycles. The van der Waals surface area contributed by atoms with Gasteiger partial charge in [-0.3, -0.25) is 9.59 Å². The van der Waals surface area contributed by atoms with Crippen molar-refractivity contribution in [3.05, 3.63) is 0 Å². The summed E-state index contributed by atoms with van der Waals surface area (Å²) in [5.41, 5.74) is -0.147. The lowest BCUT2D eigenvalue weighted by Crippen LogP contribution is -2.23. The second kappa shape index (κ2) is 7.08. The Balaban J connectivity index is 4.52.